The van der Waals surface area contributed by atoms with Gasteiger partial charge in [0.05, 0.1) is 34.1 Å². The van der Waals surface area contributed by atoms with Crippen LogP contribution in [0.25, 0.3) is 0 Å². The number of hydrogen-bond acceptors (Lipinski definition) is 7. The summed E-state index contributed by atoms with van der Waals surface area (Å²) in [7, 11) is -4.23. The summed E-state index contributed by atoms with van der Waals surface area (Å²) in [6, 6.07) is 16.9. The van der Waals surface area contributed by atoms with E-state index < -0.39 is 14.9 Å². The van der Waals surface area contributed by atoms with E-state index in [-0.39, 0.29) is 27.0 Å². The average molecular weight is 503 g/mol. The van der Waals surface area contributed by atoms with Crippen molar-refractivity contribution in [1.82, 2.24) is 0 Å². The summed E-state index contributed by atoms with van der Waals surface area (Å²) in [4.78, 5) is 10.2. The molecule has 0 saturated heterocycles. The van der Waals surface area contributed by atoms with Crippen LogP contribution >= 0.6 is 11.6 Å². The number of nitro groups is 1. The van der Waals surface area contributed by atoms with E-state index in [2.05, 4.69) is 22.2 Å². The first-order chi connectivity index (χ1) is 16.3. The molecule has 0 fully saturated rings. The number of halogens is 1. The van der Waals surface area contributed by atoms with Gasteiger partial charge in [-0.1, -0.05) is 37.1 Å². The average Bonchev–Trinajstić information content (AvgIpc) is 2.81. The van der Waals surface area contributed by atoms with Gasteiger partial charge in [-0.15, -0.1) is 0 Å². The van der Waals surface area contributed by atoms with Crippen LogP contribution in [0.2, 0.25) is 5.02 Å². The van der Waals surface area contributed by atoms with E-state index >= 15 is 0 Å². The minimum atomic E-state index is -4.23. The normalized spacial score (nSPS) is 11.4. The Balaban J connectivity index is 1.81. The standard InChI is InChI=1S/C23H23ClN4O5S/c1-2-3-14-33-19-11-8-17(9-12-19)16-25-26-22-13-10-18(28(29)30)15-23(22)34(31,32)27-21-7-5-4-6-20(21)24/h4-13,15-16,26-27H,2-3,14H2,1H3/b25-16-. The summed E-state index contributed by atoms with van der Waals surface area (Å²) >= 11 is 6.05. The Morgan fingerprint density at radius 3 is 2.50 bits per heavy atom. The monoisotopic (exact) mass is 502 g/mol. The molecule has 0 amide bonds. The fourth-order valence-corrected chi connectivity index (χ4v) is 4.34. The molecule has 0 bridgehead atoms. The summed E-state index contributed by atoms with van der Waals surface area (Å²) in [5.74, 6) is 0.743. The molecule has 0 unspecified atom stereocenters. The van der Waals surface area contributed by atoms with E-state index in [0.717, 1.165) is 30.2 Å². The van der Waals surface area contributed by atoms with Crippen LogP contribution in [0.5, 0.6) is 5.75 Å². The minimum Gasteiger partial charge on any atom is -0.494 e. The summed E-state index contributed by atoms with van der Waals surface area (Å²) in [6.45, 7) is 2.73. The highest BCUT2D eigenvalue weighted by Gasteiger charge is 2.23. The molecule has 0 aliphatic rings. The van der Waals surface area contributed by atoms with Crippen LogP contribution in [0.4, 0.5) is 17.1 Å². The Hall–Kier alpha value is -3.63. The molecule has 3 rings (SSSR count). The maximum absolute atomic E-state index is 13.0. The number of non-ortho nitro benzene ring substituents is 1. The van der Waals surface area contributed by atoms with Gasteiger partial charge in [-0.2, -0.15) is 5.10 Å². The van der Waals surface area contributed by atoms with E-state index in [1.165, 1.54) is 30.5 Å². The number of ether oxygens (including phenoxy) is 1. The van der Waals surface area contributed by atoms with Crippen molar-refractivity contribution >= 4 is 44.9 Å². The minimum absolute atomic E-state index is 0.0564. The second-order valence-electron chi connectivity index (χ2n) is 7.16. The number of nitrogens with one attached hydrogen (secondary N) is 2. The van der Waals surface area contributed by atoms with Crippen LogP contribution in [0.1, 0.15) is 25.3 Å². The molecule has 0 aromatic heterocycles. The molecule has 0 heterocycles. The van der Waals surface area contributed by atoms with E-state index in [4.69, 9.17) is 16.3 Å². The predicted molar refractivity (Wildman–Crippen MR) is 133 cm³/mol. The van der Waals surface area contributed by atoms with E-state index in [0.29, 0.717) is 6.61 Å². The third-order valence-electron chi connectivity index (χ3n) is 4.63. The van der Waals surface area contributed by atoms with E-state index in [1.807, 2.05) is 12.1 Å². The Morgan fingerprint density at radius 1 is 1.09 bits per heavy atom. The smallest absolute Gasteiger partial charge is 0.270 e. The summed E-state index contributed by atoms with van der Waals surface area (Å²) < 4.78 is 34.0. The van der Waals surface area contributed by atoms with Crippen LogP contribution in [0.3, 0.4) is 0 Å². The Bertz CT molecular complexity index is 1280. The summed E-state index contributed by atoms with van der Waals surface area (Å²) in [6.07, 6.45) is 3.51. The lowest BCUT2D eigenvalue weighted by Gasteiger charge is -2.13. The Kier molecular flexibility index (Phi) is 8.44. The molecule has 0 saturated carbocycles. The zero-order valence-electron chi connectivity index (χ0n) is 18.3. The van der Waals surface area contributed by atoms with Crippen LogP contribution in [-0.4, -0.2) is 26.2 Å². The third kappa shape index (κ3) is 6.69. The lowest BCUT2D eigenvalue weighted by Crippen LogP contribution is -2.15. The van der Waals surface area contributed by atoms with Crippen LogP contribution in [0, 0.1) is 10.1 Å². The summed E-state index contributed by atoms with van der Waals surface area (Å²) in [5.41, 5.74) is 3.22. The van der Waals surface area contributed by atoms with Crippen LogP contribution in [-0.2, 0) is 10.0 Å². The molecular weight excluding hydrogens is 480 g/mol. The van der Waals surface area contributed by atoms with Gasteiger partial charge in [0.2, 0.25) is 0 Å². The quantitative estimate of drug-likeness (QED) is 0.150. The number of nitro benzene ring substituents is 1. The molecule has 0 aliphatic carbocycles. The molecule has 0 aliphatic heterocycles. The number of unbranched alkanes of at least 4 members (excludes halogenated alkanes) is 1. The largest absolute Gasteiger partial charge is 0.494 e. The highest BCUT2D eigenvalue weighted by molar-refractivity contribution is 7.93. The second-order valence-corrected chi connectivity index (χ2v) is 9.22. The fourth-order valence-electron chi connectivity index (χ4n) is 2.84. The van der Waals surface area contributed by atoms with Crippen molar-refractivity contribution in [2.24, 2.45) is 5.10 Å². The Morgan fingerprint density at radius 2 is 1.82 bits per heavy atom. The molecule has 3 aromatic carbocycles. The highest BCUT2D eigenvalue weighted by atomic mass is 35.5. The lowest BCUT2D eigenvalue weighted by atomic mass is 10.2. The van der Waals surface area contributed by atoms with Crippen molar-refractivity contribution in [3.63, 3.8) is 0 Å². The van der Waals surface area contributed by atoms with Gasteiger partial charge >= 0.3 is 0 Å². The molecule has 9 nitrogen and oxygen atoms in total. The fraction of sp³-hybridized carbons (Fsp3) is 0.174. The first-order valence-corrected chi connectivity index (χ1v) is 12.2. The van der Waals surface area contributed by atoms with Crippen LogP contribution in [0.15, 0.2) is 76.7 Å². The predicted octanol–water partition coefficient (Wildman–Crippen LogP) is 5.67. The second kappa shape index (κ2) is 11.5. The van der Waals surface area contributed by atoms with Crippen molar-refractivity contribution in [2.75, 3.05) is 16.8 Å². The molecule has 0 atom stereocenters. The highest BCUT2D eigenvalue weighted by Crippen LogP contribution is 2.30. The molecular formula is C23H23ClN4O5S. The molecule has 2 N–H and O–H groups in total. The number of hydrogen-bond donors (Lipinski definition) is 2. The topological polar surface area (TPSA) is 123 Å². The number of anilines is 2. The molecule has 178 valence electrons. The van der Waals surface area contributed by atoms with Crippen LogP contribution < -0.4 is 14.9 Å². The number of rotatable bonds is 11. The van der Waals surface area contributed by atoms with Crippen molar-refractivity contribution < 1.29 is 18.1 Å². The van der Waals surface area contributed by atoms with Gasteiger partial charge < -0.3 is 4.74 Å². The molecule has 0 radical (unpaired) electrons. The SMILES string of the molecule is CCCCOc1ccc(/C=N\Nc2ccc([N+](=O)[O-])cc2S(=O)(=O)Nc2ccccc2Cl)cc1. The molecule has 3 aromatic rings. The lowest BCUT2D eigenvalue weighted by molar-refractivity contribution is -0.385. The molecule has 34 heavy (non-hydrogen) atoms. The number of sulfonamides is 1. The maximum atomic E-state index is 13.0. The van der Waals surface area contributed by atoms with Gasteiger partial charge in [0.1, 0.15) is 10.6 Å². The number of benzene rings is 3. The zero-order chi connectivity index (χ0) is 24.6. The van der Waals surface area contributed by atoms with Gasteiger partial charge in [0.25, 0.3) is 15.7 Å². The first kappa shape index (κ1) is 25.0. The molecule has 11 heteroatoms. The number of para-hydroxylation sites is 1. The van der Waals surface area contributed by atoms with E-state index in [9.17, 15) is 18.5 Å². The first-order valence-electron chi connectivity index (χ1n) is 10.4. The van der Waals surface area contributed by atoms with Gasteiger partial charge in [-0.3, -0.25) is 20.3 Å². The Labute approximate surface area is 202 Å². The third-order valence-corrected chi connectivity index (χ3v) is 6.36. The summed E-state index contributed by atoms with van der Waals surface area (Å²) in [5, 5.41) is 15.5. The van der Waals surface area contributed by atoms with Gasteiger partial charge in [0, 0.05) is 12.1 Å². The van der Waals surface area contributed by atoms with Crippen molar-refractivity contribution in [3.05, 3.63) is 87.4 Å². The van der Waals surface area contributed by atoms with Gasteiger partial charge in [0.15, 0.2) is 0 Å². The number of hydrazone groups is 1. The molecule has 0 spiro atoms. The van der Waals surface area contributed by atoms with Crippen molar-refractivity contribution in [3.8, 4) is 5.75 Å². The maximum Gasteiger partial charge on any atom is 0.270 e. The van der Waals surface area contributed by atoms with Crippen molar-refractivity contribution in [1.29, 1.82) is 0 Å². The van der Waals surface area contributed by atoms with Gasteiger partial charge in [-0.05, 0) is 54.4 Å². The van der Waals surface area contributed by atoms with E-state index in [1.54, 1.807) is 24.3 Å². The number of nitrogens with zero attached hydrogens (tertiary/aromatic N) is 2. The zero-order valence-corrected chi connectivity index (χ0v) is 19.8. The van der Waals surface area contributed by atoms with Gasteiger partial charge in [-0.25, -0.2) is 8.42 Å². The van der Waals surface area contributed by atoms with Crippen molar-refractivity contribution in [2.45, 2.75) is 24.7 Å².